The summed E-state index contributed by atoms with van der Waals surface area (Å²) in [6.45, 7) is 1.87. The van der Waals surface area contributed by atoms with Crippen molar-refractivity contribution in [1.82, 2.24) is 4.98 Å². The van der Waals surface area contributed by atoms with E-state index in [0.717, 1.165) is 16.8 Å². The fourth-order valence-electron chi connectivity index (χ4n) is 1.49. The largest absolute Gasteiger partial charge is 0.506 e. The minimum absolute atomic E-state index is 0. The van der Waals surface area contributed by atoms with Gasteiger partial charge in [-0.3, -0.25) is 0 Å². The molecule has 0 atom stereocenters. The molecule has 15 heavy (non-hydrogen) atoms. The SMILES string of the molecule is COc1cc(C)nc2c(O)cccc12.[Al]. The van der Waals surface area contributed by atoms with Crippen molar-refractivity contribution in [3.8, 4) is 11.5 Å². The molecule has 0 bridgehead atoms. The van der Waals surface area contributed by atoms with E-state index in [9.17, 15) is 5.11 Å². The molecule has 1 aromatic carbocycles. The Morgan fingerprint density at radius 2 is 2.07 bits per heavy atom. The highest BCUT2D eigenvalue weighted by Gasteiger charge is 2.06. The van der Waals surface area contributed by atoms with Gasteiger partial charge in [0.15, 0.2) is 0 Å². The topological polar surface area (TPSA) is 42.4 Å². The zero-order valence-corrected chi connectivity index (χ0v) is 9.84. The number of aryl methyl sites for hydroxylation is 1. The highest BCUT2D eigenvalue weighted by atomic mass is 27.0. The minimum Gasteiger partial charge on any atom is -0.506 e. The molecule has 3 radical (unpaired) electrons. The first kappa shape index (κ1) is 11.8. The predicted molar refractivity (Wildman–Crippen MR) is 60.5 cm³/mol. The molecule has 2 rings (SSSR count). The third-order valence-electron chi connectivity index (χ3n) is 2.13. The van der Waals surface area contributed by atoms with Crippen molar-refractivity contribution in [2.45, 2.75) is 6.92 Å². The Labute approximate surface area is 98.8 Å². The van der Waals surface area contributed by atoms with Gasteiger partial charge in [0, 0.05) is 34.5 Å². The van der Waals surface area contributed by atoms with Gasteiger partial charge in [0.2, 0.25) is 0 Å². The summed E-state index contributed by atoms with van der Waals surface area (Å²) in [5.74, 6) is 0.924. The van der Waals surface area contributed by atoms with Crippen LogP contribution in [0.15, 0.2) is 24.3 Å². The molecule has 1 heterocycles. The molecule has 0 saturated heterocycles. The van der Waals surface area contributed by atoms with E-state index in [1.54, 1.807) is 19.2 Å². The molecular formula is C11H11AlNO2. The zero-order valence-electron chi connectivity index (χ0n) is 8.69. The molecule has 0 saturated carbocycles. The van der Waals surface area contributed by atoms with Crippen LogP contribution in [0.25, 0.3) is 10.9 Å². The van der Waals surface area contributed by atoms with Gasteiger partial charge in [-0.2, -0.15) is 0 Å². The number of rotatable bonds is 1. The Kier molecular flexibility index (Phi) is 3.57. The molecule has 0 aliphatic heterocycles. The van der Waals surface area contributed by atoms with E-state index in [2.05, 4.69) is 4.98 Å². The van der Waals surface area contributed by atoms with Crippen molar-refractivity contribution in [2.75, 3.05) is 7.11 Å². The first-order valence-electron chi connectivity index (χ1n) is 4.35. The number of phenolic OH excluding ortho intramolecular Hbond substituents is 1. The van der Waals surface area contributed by atoms with Crippen LogP contribution in [0.3, 0.4) is 0 Å². The highest BCUT2D eigenvalue weighted by Crippen LogP contribution is 2.30. The molecule has 0 spiro atoms. The number of hydrogen-bond donors (Lipinski definition) is 1. The van der Waals surface area contributed by atoms with Crippen molar-refractivity contribution in [3.63, 3.8) is 0 Å². The first-order chi connectivity index (χ1) is 6.72. The van der Waals surface area contributed by atoms with Gasteiger partial charge in [-0.05, 0) is 19.1 Å². The second-order valence-electron chi connectivity index (χ2n) is 3.14. The molecular weight excluding hydrogens is 205 g/mol. The lowest BCUT2D eigenvalue weighted by atomic mass is 10.1. The van der Waals surface area contributed by atoms with Gasteiger partial charge in [0.1, 0.15) is 17.0 Å². The Morgan fingerprint density at radius 1 is 1.33 bits per heavy atom. The summed E-state index contributed by atoms with van der Waals surface area (Å²) in [7, 11) is 1.61. The molecule has 75 valence electrons. The minimum atomic E-state index is 0. The Balaban J connectivity index is 0.00000112. The molecule has 0 fully saturated rings. The second kappa shape index (κ2) is 4.52. The van der Waals surface area contributed by atoms with Gasteiger partial charge in [-0.1, -0.05) is 6.07 Å². The number of phenols is 1. The number of benzene rings is 1. The molecule has 1 aromatic heterocycles. The van der Waals surface area contributed by atoms with Crippen LogP contribution < -0.4 is 4.74 Å². The molecule has 1 N–H and O–H groups in total. The van der Waals surface area contributed by atoms with Crippen molar-refractivity contribution in [2.24, 2.45) is 0 Å². The second-order valence-corrected chi connectivity index (χ2v) is 3.14. The summed E-state index contributed by atoms with van der Waals surface area (Å²) < 4.78 is 5.21. The van der Waals surface area contributed by atoms with Gasteiger partial charge in [0.05, 0.1) is 7.11 Å². The summed E-state index contributed by atoms with van der Waals surface area (Å²) in [4.78, 5) is 4.25. The third kappa shape index (κ3) is 2.06. The van der Waals surface area contributed by atoms with Crippen molar-refractivity contribution in [3.05, 3.63) is 30.0 Å². The maximum absolute atomic E-state index is 9.60. The lowest BCUT2D eigenvalue weighted by Gasteiger charge is -2.06. The summed E-state index contributed by atoms with van der Waals surface area (Å²) in [6, 6.07) is 7.12. The van der Waals surface area contributed by atoms with E-state index in [1.165, 1.54) is 0 Å². The number of hydrogen-bond acceptors (Lipinski definition) is 3. The van der Waals surface area contributed by atoms with Gasteiger partial charge < -0.3 is 9.84 Å². The van der Waals surface area contributed by atoms with Crippen LogP contribution in [0, 0.1) is 6.92 Å². The Hall–Kier alpha value is -1.24. The molecule has 3 nitrogen and oxygen atoms in total. The maximum atomic E-state index is 9.60. The van der Waals surface area contributed by atoms with Crippen LogP contribution in [-0.4, -0.2) is 34.6 Å². The van der Waals surface area contributed by atoms with Crippen molar-refractivity contribution in [1.29, 1.82) is 0 Å². The van der Waals surface area contributed by atoms with Crippen LogP contribution in [-0.2, 0) is 0 Å². The molecule has 2 aromatic rings. The van der Waals surface area contributed by atoms with Gasteiger partial charge in [-0.15, -0.1) is 0 Å². The van der Waals surface area contributed by atoms with E-state index in [-0.39, 0.29) is 23.1 Å². The monoisotopic (exact) mass is 216 g/mol. The van der Waals surface area contributed by atoms with Crippen molar-refractivity contribution >= 4 is 28.3 Å². The Bertz CT molecular complexity index is 485. The number of nitrogens with zero attached hydrogens (tertiary/aromatic N) is 1. The van der Waals surface area contributed by atoms with Gasteiger partial charge in [-0.25, -0.2) is 4.98 Å². The van der Waals surface area contributed by atoms with Crippen LogP contribution >= 0.6 is 0 Å². The van der Waals surface area contributed by atoms with Gasteiger partial charge in [0.25, 0.3) is 0 Å². The van der Waals surface area contributed by atoms with E-state index >= 15 is 0 Å². The molecule has 0 aliphatic rings. The van der Waals surface area contributed by atoms with Crippen molar-refractivity contribution < 1.29 is 9.84 Å². The lowest BCUT2D eigenvalue weighted by Crippen LogP contribution is -1.90. The predicted octanol–water partition coefficient (Wildman–Crippen LogP) is 1.88. The maximum Gasteiger partial charge on any atom is 0.141 e. The molecule has 4 heteroatoms. The third-order valence-corrected chi connectivity index (χ3v) is 2.13. The summed E-state index contributed by atoms with van der Waals surface area (Å²) >= 11 is 0. The highest BCUT2D eigenvalue weighted by molar-refractivity contribution is 5.89. The van der Waals surface area contributed by atoms with Crippen LogP contribution in [0.1, 0.15) is 5.69 Å². The van der Waals surface area contributed by atoms with E-state index in [1.807, 2.05) is 19.1 Å². The number of pyridine rings is 1. The average Bonchev–Trinajstić information content (AvgIpc) is 2.18. The van der Waals surface area contributed by atoms with Crippen LogP contribution in [0.5, 0.6) is 11.5 Å². The first-order valence-corrected chi connectivity index (χ1v) is 4.35. The lowest BCUT2D eigenvalue weighted by molar-refractivity contribution is 0.418. The fraction of sp³-hybridized carbons (Fsp3) is 0.182. The number of methoxy groups -OCH3 is 1. The number of ether oxygens (including phenoxy) is 1. The molecule has 0 unspecified atom stereocenters. The number of fused-ring (bicyclic) bond motifs is 1. The number of para-hydroxylation sites is 1. The van der Waals surface area contributed by atoms with Crippen LogP contribution in [0.4, 0.5) is 0 Å². The number of aromatic nitrogens is 1. The summed E-state index contributed by atoms with van der Waals surface area (Å²) in [5.41, 5.74) is 1.42. The summed E-state index contributed by atoms with van der Waals surface area (Å²) in [6.07, 6.45) is 0. The zero-order chi connectivity index (χ0) is 10.1. The molecule has 0 aliphatic carbocycles. The quantitative estimate of drug-likeness (QED) is 0.740. The van der Waals surface area contributed by atoms with E-state index < -0.39 is 0 Å². The number of aromatic hydroxyl groups is 1. The fourth-order valence-corrected chi connectivity index (χ4v) is 1.49. The molecule has 0 amide bonds. The van der Waals surface area contributed by atoms with Crippen LogP contribution in [0.2, 0.25) is 0 Å². The average molecular weight is 216 g/mol. The van der Waals surface area contributed by atoms with E-state index in [4.69, 9.17) is 4.74 Å². The standard InChI is InChI=1S/C11H11NO2.Al/c1-7-6-10(14-2)8-4-3-5-9(13)11(8)12-7;/h3-6,13H,1-2H3;. The van der Waals surface area contributed by atoms with Gasteiger partial charge >= 0.3 is 0 Å². The Morgan fingerprint density at radius 3 is 2.73 bits per heavy atom. The smallest absolute Gasteiger partial charge is 0.141 e. The normalized spacial score (nSPS) is 9.73. The van der Waals surface area contributed by atoms with E-state index in [0.29, 0.717) is 5.52 Å². The summed E-state index contributed by atoms with van der Waals surface area (Å²) in [5, 5.41) is 10.4.